The molecular formula is C17H13BrClN5O2S. The monoisotopic (exact) mass is 465 g/mol. The summed E-state index contributed by atoms with van der Waals surface area (Å²) in [6.07, 6.45) is 0. The molecule has 0 aliphatic heterocycles. The van der Waals surface area contributed by atoms with Crippen molar-refractivity contribution >= 4 is 39.3 Å². The Balaban J connectivity index is 1.50. The number of nitrogens with zero attached hydrogens (tertiary/aromatic N) is 5. The molecule has 0 spiro atoms. The first kappa shape index (κ1) is 18.3. The molecule has 0 unspecified atom stereocenters. The van der Waals surface area contributed by atoms with Gasteiger partial charge >= 0.3 is 0 Å². The number of benzene rings is 1. The van der Waals surface area contributed by atoms with Crippen molar-refractivity contribution in [2.24, 2.45) is 0 Å². The van der Waals surface area contributed by atoms with Gasteiger partial charge in [-0.15, -0.1) is 10.2 Å². The predicted octanol–water partition coefficient (Wildman–Crippen LogP) is 5.32. The summed E-state index contributed by atoms with van der Waals surface area (Å²) in [6.45, 7) is 2.74. The van der Waals surface area contributed by atoms with E-state index in [4.69, 9.17) is 20.5 Å². The Bertz CT molecular complexity index is 1080. The molecule has 0 aliphatic rings. The van der Waals surface area contributed by atoms with Crippen molar-refractivity contribution in [3.63, 3.8) is 0 Å². The van der Waals surface area contributed by atoms with Crippen LogP contribution >= 0.6 is 39.3 Å². The van der Waals surface area contributed by atoms with Crippen LogP contribution in [0.15, 0.2) is 55.2 Å². The fourth-order valence-electron chi connectivity index (χ4n) is 2.48. The number of hydrogen-bond donors (Lipinski definition) is 0. The third kappa shape index (κ3) is 3.95. The molecule has 0 saturated heterocycles. The van der Waals surface area contributed by atoms with E-state index < -0.39 is 0 Å². The third-order valence-electron chi connectivity index (χ3n) is 3.70. The molecule has 3 aromatic heterocycles. The van der Waals surface area contributed by atoms with Gasteiger partial charge in [-0.1, -0.05) is 34.6 Å². The van der Waals surface area contributed by atoms with Crippen molar-refractivity contribution in [2.45, 2.75) is 24.4 Å². The zero-order chi connectivity index (χ0) is 18.8. The minimum Gasteiger partial charge on any atom is -0.446 e. The normalized spacial score (nSPS) is 11.2. The maximum Gasteiger partial charge on any atom is 0.258 e. The lowest BCUT2D eigenvalue weighted by Crippen LogP contribution is -1.99. The summed E-state index contributed by atoms with van der Waals surface area (Å²) in [6, 6.07) is 11.0. The van der Waals surface area contributed by atoms with Gasteiger partial charge in [0.05, 0.1) is 5.75 Å². The van der Waals surface area contributed by atoms with E-state index in [1.54, 1.807) is 12.1 Å². The zero-order valence-electron chi connectivity index (χ0n) is 14.1. The number of thioether (sulfide) groups is 1. The van der Waals surface area contributed by atoms with Crippen molar-refractivity contribution in [3.05, 3.63) is 51.9 Å². The number of rotatable bonds is 6. The van der Waals surface area contributed by atoms with Crippen molar-refractivity contribution < 1.29 is 8.94 Å². The summed E-state index contributed by atoms with van der Waals surface area (Å²) in [4.78, 5) is 4.42. The standard InChI is InChI=1S/C17H13BrClN5O2S/c1-2-24-15(12-6-7-13(18)25-12)21-22-17(24)27-9-14-20-16(26-23-14)10-4-3-5-11(19)8-10/h3-8H,2,9H2,1H3. The summed E-state index contributed by atoms with van der Waals surface area (Å²) in [5.74, 6) is 2.85. The molecule has 0 fully saturated rings. The van der Waals surface area contributed by atoms with Crippen LogP contribution < -0.4 is 0 Å². The SMILES string of the molecule is CCn1c(SCc2noc(-c3cccc(Cl)c3)n2)nnc1-c1ccc(Br)o1. The predicted molar refractivity (Wildman–Crippen MR) is 105 cm³/mol. The minimum atomic E-state index is 0.436. The summed E-state index contributed by atoms with van der Waals surface area (Å²) in [7, 11) is 0. The second-order valence-electron chi connectivity index (χ2n) is 5.47. The van der Waals surface area contributed by atoms with Gasteiger partial charge in [-0.3, -0.25) is 4.57 Å². The molecule has 0 N–H and O–H groups in total. The van der Waals surface area contributed by atoms with Crippen LogP contribution in [0, 0.1) is 0 Å². The molecular weight excluding hydrogens is 454 g/mol. The highest BCUT2D eigenvalue weighted by atomic mass is 79.9. The lowest BCUT2D eigenvalue weighted by molar-refractivity contribution is 0.425. The quantitative estimate of drug-likeness (QED) is 0.356. The highest BCUT2D eigenvalue weighted by molar-refractivity contribution is 9.10. The number of aromatic nitrogens is 5. The van der Waals surface area contributed by atoms with Crippen LogP contribution in [-0.4, -0.2) is 24.9 Å². The first-order valence-corrected chi connectivity index (χ1v) is 10.2. The van der Waals surface area contributed by atoms with Crippen LogP contribution in [0.4, 0.5) is 0 Å². The molecule has 1 aromatic carbocycles. The smallest absolute Gasteiger partial charge is 0.258 e. The van der Waals surface area contributed by atoms with E-state index in [1.807, 2.05) is 35.8 Å². The Labute approximate surface area is 172 Å². The summed E-state index contributed by atoms with van der Waals surface area (Å²) in [5.41, 5.74) is 0.786. The summed E-state index contributed by atoms with van der Waals surface area (Å²) < 4.78 is 13.5. The van der Waals surface area contributed by atoms with E-state index in [9.17, 15) is 0 Å². The number of hydrogen-bond acceptors (Lipinski definition) is 7. The molecule has 0 saturated carbocycles. The van der Waals surface area contributed by atoms with E-state index >= 15 is 0 Å². The van der Waals surface area contributed by atoms with Gasteiger partial charge in [0.15, 0.2) is 21.4 Å². The lowest BCUT2D eigenvalue weighted by atomic mass is 10.2. The Kier molecular flexibility index (Phi) is 5.33. The molecule has 0 radical (unpaired) electrons. The number of halogens is 2. The number of furan rings is 1. The maximum atomic E-state index is 6.01. The van der Waals surface area contributed by atoms with Crippen molar-refractivity contribution in [1.29, 1.82) is 0 Å². The third-order valence-corrected chi connectivity index (χ3v) is 5.32. The average Bonchev–Trinajstić information content (AvgIpc) is 3.38. The van der Waals surface area contributed by atoms with Crippen molar-refractivity contribution in [3.8, 4) is 23.0 Å². The van der Waals surface area contributed by atoms with Crippen LogP contribution in [0.2, 0.25) is 5.02 Å². The molecule has 7 nitrogen and oxygen atoms in total. The lowest BCUT2D eigenvalue weighted by Gasteiger charge is -2.04. The van der Waals surface area contributed by atoms with Gasteiger partial charge in [0.1, 0.15) is 0 Å². The minimum absolute atomic E-state index is 0.436. The highest BCUT2D eigenvalue weighted by Gasteiger charge is 2.17. The van der Waals surface area contributed by atoms with E-state index in [1.165, 1.54) is 11.8 Å². The van der Waals surface area contributed by atoms with Gasteiger partial charge in [-0.25, -0.2) is 0 Å². The van der Waals surface area contributed by atoms with E-state index in [0.29, 0.717) is 45.3 Å². The second kappa shape index (κ2) is 7.87. The van der Waals surface area contributed by atoms with Gasteiger partial charge < -0.3 is 8.94 Å². The van der Waals surface area contributed by atoms with E-state index in [-0.39, 0.29) is 0 Å². The highest BCUT2D eigenvalue weighted by Crippen LogP contribution is 2.29. The molecule has 0 bridgehead atoms. The van der Waals surface area contributed by atoms with Crippen molar-refractivity contribution in [2.75, 3.05) is 0 Å². The average molecular weight is 467 g/mol. The molecule has 0 aliphatic carbocycles. The first-order chi connectivity index (χ1) is 13.1. The Morgan fingerprint density at radius 3 is 2.85 bits per heavy atom. The van der Waals surface area contributed by atoms with Gasteiger partial charge in [0.2, 0.25) is 5.82 Å². The van der Waals surface area contributed by atoms with Gasteiger partial charge in [0, 0.05) is 17.1 Å². The maximum absolute atomic E-state index is 6.01. The molecule has 138 valence electrons. The van der Waals surface area contributed by atoms with Crippen LogP contribution in [-0.2, 0) is 12.3 Å². The molecule has 4 aromatic rings. The van der Waals surface area contributed by atoms with Gasteiger partial charge in [0.25, 0.3) is 5.89 Å². The van der Waals surface area contributed by atoms with Gasteiger partial charge in [-0.2, -0.15) is 4.98 Å². The molecule has 4 rings (SSSR count). The Hall–Kier alpha value is -2.10. The zero-order valence-corrected chi connectivity index (χ0v) is 17.3. The fraction of sp³-hybridized carbons (Fsp3) is 0.176. The topological polar surface area (TPSA) is 82.8 Å². The molecule has 27 heavy (non-hydrogen) atoms. The summed E-state index contributed by atoms with van der Waals surface area (Å²) in [5, 5.41) is 13.9. The fourth-order valence-corrected chi connectivity index (χ4v) is 3.82. The summed E-state index contributed by atoms with van der Waals surface area (Å²) >= 11 is 10.8. The van der Waals surface area contributed by atoms with Crippen LogP contribution in [0.5, 0.6) is 0 Å². The van der Waals surface area contributed by atoms with Crippen LogP contribution in [0.1, 0.15) is 12.7 Å². The largest absolute Gasteiger partial charge is 0.446 e. The molecule has 0 atom stereocenters. The van der Waals surface area contributed by atoms with E-state index in [0.717, 1.165) is 10.7 Å². The Morgan fingerprint density at radius 2 is 2.11 bits per heavy atom. The molecule has 3 heterocycles. The van der Waals surface area contributed by atoms with Crippen LogP contribution in [0.25, 0.3) is 23.0 Å². The first-order valence-electron chi connectivity index (χ1n) is 8.04. The second-order valence-corrected chi connectivity index (χ2v) is 7.63. The van der Waals surface area contributed by atoms with Gasteiger partial charge in [-0.05, 0) is 53.2 Å². The van der Waals surface area contributed by atoms with Crippen LogP contribution in [0.3, 0.4) is 0 Å². The molecule has 0 amide bonds. The molecule has 10 heteroatoms. The van der Waals surface area contributed by atoms with Crippen molar-refractivity contribution in [1.82, 2.24) is 24.9 Å². The van der Waals surface area contributed by atoms with E-state index in [2.05, 4.69) is 36.3 Å². The Morgan fingerprint density at radius 1 is 1.22 bits per heavy atom.